The predicted molar refractivity (Wildman–Crippen MR) is 85.7 cm³/mol. The van der Waals surface area contributed by atoms with Crippen molar-refractivity contribution < 1.29 is 19.1 Å². The van der Waals surface area contributed by atoms with Gasteiger partial charge in [0.05, 0.1) is 18.2 Å². The molecule has 0 aliphatic carbocycles. The maximum absolute atomic E-state index is 12.5. The Kier molecular flexibility index (Phi) is 7.27. The smallest absolute Gasteiger partial charge is 0.328 e. The summed E-state index contributed by atoms with van der Waals surface area (Å²) in [5.41, 5.74) is -0.817. The molecule has 0 N–H and O–H groups in total. The molecule has 0 aliphatic rings. The van der Waals surface area contributed by atoms with Gasteiger partial charge in [-0.3, -0.25) is 9.59 Å². The second kappa shape index (κ2) is 8.94. The van der Waals surface area contributed by atoms with E-state index in [2.05, 4.69) is 0 Å². The first-order chi connectivity index (χ1) is 11.0. The number of hydrogen-bond acceptors (Lipinski definition) is 5. The molecular weight excluding hydrogens is 294 g/mol. The minimum atomic E-state index is -1.29. The average Bonchev–Trinajstić information content (AvgIpc) is 2.57. The first-order valence-electron chi connectivity index (χ1n) is 7.93. The van der Waals surface area contributed by atoms with Gasteiger partial charge in [-0.2, -0.15) is 5.26 Å². The van der Waals surface area contributed by atoms with Crippen LogP contribution in [0.3, 0.4) is 0 Å². The van der Waals surface area contributed by atoms with Gasteiger partial charge < -0.3 is 9.47 Å². The number of carbonyl (C=O) groups excluding carboxylic acids is 2. The van der Waals surface area contributed by atoms with Gasteiger partial charge in [0.1, 0.15) is 5.75 Å². The summed E-state index contributed by atoms with van der Waals surface area (Å²) in [6.45, 7) is 5.84. The third kappa shape index (κ3) is 4.56. The maximum Gasteiger partial charge on any atom is 0.328 e. The monoisotopic (exact) mass is 317 g/mol. The lowest BCUT2D eigenvalue weighted by atomic mass is 9.82. The number of ether oxygens (including phenoxy) is 2. The molecule has 0 atom stereocenters. The zero-order valence-electron chi connectivity index (χ0n) is 13.9. The minimum absolute atomic E-state index is 0.307. The molecule has 23 heavy (non-hydrogen) atoms. The summed E-state index contributed by atoms with van der Waals surface area (Å²) in [5, 5.41) is 8.77. The molecule has 0 spiro atoms. The van der Waals surface area contributed by atoms with E-state index in [0.29, 0.717) is 30.8 Å². The minimum Gasteiger partial charge on any atom is -0.465 e. The molecule has 5 nitrogen and oxygen atoms in total. The molecule has 1 rings (SSSR count). The molecule has 0 unspecified atom stereocenters. The number of esters is 2. The summed E-state index contributed by atoms with van der Waals surface area (Å²) in [5.74, 6) is -0.843. The summed E-state index contributed by atoms with van der Waals surface area (Å²) >= 11 is 0. The zero-order valence-corrected chi connectivity index (χ0v) is 13.9. The molecule has 0 heterocycles. The predicted octanol–water partition coefficient (Wildman–Crippen LogP) is 3.61. The molecule has 0 aliphatic heterocycles. The molecule has 124 valence electrons. The van der Waals surface area contributed by atoms with Crippen LogP contribution in [0.4, 0.5) is 0 Å². The Morgan fingerprint density at radius 2 is 1.70 bits per heavy atom. The number of unbranched alkanes of at least 4 members (excludes halogenated alkanes) is 1. The van der Waals surface area contributed by atoms with Gasteiger partial charge in [0.25, 0.3) is 0 Å². The zero-order chi connectivity index (χ0) is 17.3. The van der Waals surface area contributed by atoms with Crippen LogP contribution in [0.5, 0.6) is 5.75 Å². The molecule has 1 aromatic rings. The van der Waals surface area contributed by atoms with E-state index in [1.807, 2.05) is 13.0 Å². The summed E-state index contributed by atoms with van der Waals surface area (Å²) in [7, 11) is 0. The van der Waals surface area contributed by atoms with Gasteiger partial charge in [-0.05, 0) is 43.5 Å². The van der Waals surface area contributed by atoms with E-state index in [1.165, 1.54) is 12.1 Å². The van der Waals surface area contributed by atoms with Gasteiger partial charge in [-0.15, -0.1) is 0 Å². The third-order valence-corrected chi connectivity index (χ3v) is 3.91. The fourth-order valence-electron chi connectivity index (χ4n) is 2.16. The van der Waals surface area contributed by atoms with Crippen molar-refractivity contribution in [1.82, 2.24) is 0 Å². The van der Waals surface area contributed by atoms with Crippen molar-refractivity contribution in [3.8, 4) is 11.8 Å². The van der Waals surface area contributed by atoms with Crippen molar-refractivity contribution in [2.24, 2.45) is 5.41 Å². The van der Waals surface area contributed by atoms with Crippen molar-refractivity contribution in [3.63, 3.8) is 0 Å². The topological polar surface area (TPSA) is 76.4 Å². The molecule has 0 amide bonds. The normalized spacial score (nSPS) is 10.7. The average molecular weight is 317 g/mol. The molecular formula is C18H23NO4. The Morgan fingerprint density at radius 3 is 2.17 bits per heavy atom. The molecule has 0 saturated heterocycles. The Labute approximate surface area is 137 Å². The van der Waals surface area contributed by atoms with Crippen LogP contribution in [0.25, 0.3) is 0 Å². The largest absolute Gasteiger partial charge is 0.465 e. The van der Waals surface area contributed by atoms with Crippen molar-refractivity contribution in [2.45, 2.75) is 46.5 Å². The van der Waals surface area contributed by atoms with E-state index >= 15 is 0 Å². The van der Waals surface area contributed by atoms with Crippen LogP contribution in [0.1, 0.15) is 52.0 Å². The Balaban J connectivity index is 2.87. The molecule has 5 heteroatoms. The van der Waals surface area contributed by atoms with E-state index in [0.717, 1.165) is 12.8 Å². The SMILES string of the molecule is CCCCOC(=O)C(CC)(CC)C(=O)Oc1ccc(C#N)cc1. The van der Waals surface area contributed by atoms with Gasteiger partial charge in [0.15, 0.2) is 5.41 Å². The van der Waals surface area contributed by atoms with Gasteiger partial charge >= 0.3 is 11.9 Å². The van der Waals surface area contributed by atoms with Crippen LogP contribution in [0.15, 0.2) is 24.3 Å². The summed E-state index contributed by atoms with van der Waals surface area (Å²) in [6, 6.07) is 8.18. The molecule has 0 radical (unpaired) electrons. The van der Waals surface area contributed by atoms with Crippen LogP contribution >= 0.6 is 0 Å². The van der Waals surface area contributed by atoms with Crippen molar-refractivity contribution in [3.05, 3.63) is 29.8 Å². The number of nitriles is 1. The molecule has 0 aromatic heterocycles. The second-order valence-corrected chi connectivity index (χ2v) is 5.30. The number of carbonyl (C=O) groups is 2. The third-order valence-electron chi connectivity index (χ3n) is 3.91. The number of nitrogens with zero attached hydrogens (tertiary/aromatic N) is 1. The second-order valence-electron chi connectivity index (χ2n) is 5.30. The van der Waals surface area contributed by atoms with Crippen LogP contribution in [-0.4, -0.2) is 18.5 Å². The van der Waals surface area contributed by atoms with Gasteiger partial charge in [0, 0.05) is 0 Å². The molecule has 0 bridgehead atoms. The van der Waals surface area contributed by atoms with E-state index < -0.39 is 17.4 Å². The lowest BCUT2D eigenvalue weighted by Gasteiger charge is -2.26. The fraction of sp³-hybridized carbons (Fsp3) is 0.500. The van der Waals surface area contributed by atoms with Gasteiger partial charge in [-0.1, -0.05) is 27.2 Å². The number of rotatable bonds is 8. The summed E-state index contributed by atoms with van der Waals surface area (Å²) < 4.78 is 10.6. The van der Waals surface area contributed by atoms with E-state index in [4.69, 9.17) is 14.7 Å². The molecule has 0 saturated carbocycles. The van der Waals surface area contributed by atoms with Crippen LogP contribution < -0.4 is 4.74 Å². The standard InChI is InChI=1S/C18H23NO4/c1-4-7-12-22-16(20)18(5-2,6-3)17(21)23-15-10-8-14(13-19)9-11-15/h8-11H,4-7,12H2,1-3H3. The number of benzene rings is 1. The van der Waals surface area contributed by atoms with Crippen LogP contribution in [0.2, 0.25) is 0 Å². The highest BCUT2D eigenvalue weighted by Crippen LogP contribution is 2.31. The highest BCUT2D eigenvalue weighted by atomic mass is 16.6. The molecule has 0 fully saturated rings. The highest BCUT2D eigenvalue weighted by Gasteiger charge is 2.46. The highest BCUT2D eigenvalue weighted by molar-refractivity contribution is 6.00. The Hall–Kier alpha value is -2.35. The summed E-state index contributed by atoms with van der Waals surface area (Å²) in [4.78, 5) is 24.9. The van der Waals surface area contributed by atoms with E-state index in [-0.39, 0.29) is 0 Å². The Bertz CT molecular complexity index is 568. The summed E-state index contributed by atoms with van der Waals surface area (Å²) in [6.07, 6.45) is 2.29. The lowest BCUT2D eigenvalue weighted by Crippen LogP contribution is -2.42. The number of hydrogen-bond donors (Lipinski definition) is 0. The Morgan fingerprint density at radius 1 is 1.09 bits per heavy atom. The lowest BCUT2D eigenvalue weighted by molar-refractivity contribution is -0.168. The van der Waals surface area contributed by atoms with Crippen LogP contribution in [0, 0.1) is 16.7 Å². The van der Waals surface area contributed by atoms with Gasteiger partial charge in [-0.25, -0.2) is 0 Å². The van der Waals surface area contributed by atoms with Crippen molar-refractivity contribution in [1.29, 1.82) is 5.26 Å². The quantitative estimate of drug-likeness (QED) is 0.317. The fourth-order valence-corrected chi connectivity index (χ4v) is 2.16. The molecule has 1 aromatic carbocycles. The van der Waals surface area contributed by atoms with Crippen molar-refractivity contribution >= 4 is 11.9 Å². The van der Waals surface area contributed by atoms with Crippen molar-refractivity contribution in [2.75, 3.05) is 6.61 Å². The van der Waals surface area contributed by atoms with Crippen LogP contribution in [-0.2, 0) is 14.3 Å². The van der Waals surface area contributed by atoms with Gasteiger partial charge in [0.2, 0.25) is 0 Å². The first kappa shape index (κ1) is 18.7. The van der Waals surface area contributed by atoms with E-state index in [1.54, 1.807) is 26.0 Å². The van der Waals surface area contributed by atoms with E-state index in [9.17, 15) is 9.59 Å². The maximum atomic E-state index is 12.5. The first-order valence-corrected chi connectivity index (χ1v) is 7.93.